The van der Waals surface area contributed by atoms with Crippen molar-refractivity contribution in [1.29, 1.82) is 0 Å². The Morgan fingerprint density at radius 3 is 3.00 bits per heavy atom. The van der Waals surface area contributed by atoms with E-state index in [1.807, 2.05) is 0 Å². The topological polar surface area (TPSA) is 50.2 Å². The number of halogens is 2. The van der Waals surface area contributed by atoms with Crippen LogP contribution in [-0.4, -0.2) is 16.1 Å². The molecule has 0 amide bonds. The Morgan fingerprint density at radius 2 is 2.38 bits per heavy atom. The number of hydrogen-bond donors (Lipinski definition) is 1. The SMILES string of the molecule is O=C(O)C=Cc1cc(F)ncc1Cl. The normalized spacial score (nSPS) is 10.6. The molecule has 0 unspecified atom stereocenters. The summed E-state index contributed by atoms with van der Waals surface area (Å²) in [5.41, 5.74) is 0.288. The molecule has 1 N–H and O–H groups in total. The molecule has 0 spiro atoms. The van der Waals surface area contributed by atoms with E-state index >= 15 is 0 Å². The highest BCUT2D eigenvalue weighted by molar-refractivity contribution is 6.32. The van der Waals surface area contributed by atoms with Crippen molar-refractivity contribution in [3.63, 3.8) is 0 Å². The molecule has 1 aromatic heterocycles. The molecule has 0 bridgehead atoms. The van der Waals surface area contributed by atoms with E-state index in [9.17, 15) is 9.18 Å². The molecule has 1 aromatic rings. The highest BCUT2D eigenvalue weighted by Gasteiger charge is 1.99. The van der Waals surface area contributed by atoms with Crippen molar-refractivity contribution >= 4 is 23.6 Å². The van der Waals surface area contributed by atoms with Gasteiger partial charge in [0.25, 0.3) is 0 Å². The van der Waals surface area contributed by atoms with Crippen LogP contribution in [0.4, 0.5) is 4.39 Å². The van der Waals surface area contributed by atoms with Crippen LogP contribution in [0.25, 0.3) is 6.08 Å². The van der Waals surface area contributed by atoms with Gasteiger partial charge in [-0.25, -0.2) is 9.78 Å². The van der Waals surface area contributed by atoms with Crippen LogP contribution >= 0.6 is 11.6 Å². The lowest BCUT2D eigenvalue weighted by Crippen LogP contribution is -1.88. The van der Waals surface area contributed by atoms with Crippen molar-refractivity contribution in [1.82, 2.24) is 4.98 Å². The zero-order valence-corrected chi connectivity index (χ0v) is 7.12. The molecule has 0 saturated carbocycles. The van der Waals surface area contributed by atoms with Gasteiger partial charge in [-0.05, 0) is 11.6 Å². The fraction of sp³-hybridized carbons (Fsp3) is 0. The van der Waals surface area contributed by atoms with Crippen LogP contribution in [0.2, 0.25) is 5.02 Å². The lowest BCUT2D eigenvalue weighted by Gasteiger charge is -1.95. The standard InChI is InChI=1S/C8H5ClFNO2/c9-6-4-11-7(10)3-5(6)1-2-8(12)13/h1-4H,(H,12,13). The third-order valence-corrected chi connectivity index (χ3v) is 1.57. The lowest BCUT2D eigenvalue weighted by atomic mass is 10.2. The maximum absolute atomic E-state index is 12.5. The molecule has 5 heteroatoms. The third kappa shape index (κ3) is 2.83. The smallest absolute Gasteiger partial charge is 0.328 e. The first-order chi connectivity index (χ1) is 6.09. The van der Waals surface area contributed by atoms with Gasteiger partial charge in [-0.3, -0.25) is 0 Å². The van der Waals surface area contributed by atoms with Gasteiger partial charge in [-0.2, -0.15) is 4.39 Å². The Bertz CT molecular complexity index is 365. The number of aromatic nitrogens is 1. The highest BCUT2D eigenvalue weighted by Crippen LogP contribution is 2.16. The summed E-state index contributed by atoms with van der Waals surface area (Å²) in [5.74, 6) is -1.82. The summed E-state index contributed by atoms with van der Waals surface area (Å²) < 4.78 is 12.5. The first-order valence-corrected chi connectivity index (χ1v) is 3.69. The van der Waals surface area contributed by atoms with Crippen molar-refractivity contribution in [2.75, 3.05) is 0 Å². The lowest BCUT2D eigenvalue weighted by molar-refractivity contribution is -0.131. The monoisotopic (exact) mass is 201 g/mol. The molecule has 0 fully saturated rings. The number of nitrogens with zero attached hydrogens (tertiary/aromatic N) is 1. The molecule has 13 heavy (non-hydrogen) atoms. The molecule has 0 aliphatic heterocycles. The van der Waals surface area contributed by atoms with E-state index in [0.717, 1.165) is 18.3 Å². The van der Waals surface area contributed by atoms with E-state index < -0.39 is 11.9 Å². The second-order valence-electron chi connectivity index (χ2n) is 2.20. The van der Waals surface area contributed by atoms with Crippen molar-refractivity contribution in [2.45, 2.75) is 0 Å². The van der Waals surface area contributed by atoms with E-state index in [0.29, 0.717) is 0 Å². The molecule has 1 rings (SSSR count). The largest absolute Gasteiger partial charge is 0.478 e. The molecule has 1 heterocycles. The second-order valence-corrected chi connectivity index (χ2v) is 2.61. The molecular formula is C8H5ClFNO2. The maximum atomic E-state index is 12.5. The Labute approximate surface area is 78.5 Å². The van der Waals surface area contributed by atoms with E-state index in [4.69, 9.17) is 16.7 Å². The van der Waals surface area contributed by atoms with Gasteiger partial charge in [-0.15, -0.1) is 0 Å². The third-order valence-electron chi connectivity index (χ3n) is 1.26. The fourth-order valence-electron chi connectivity index (χ4n) is 0.716. The van der Waals surface area contributed by atoms with Crippen molar-refractivity contribution in [3.8, 4) is 0 Å². The van der Waals surface area contributed by atoms with Crippen LogP contribution < -0.4 is 0 Å². The summed E-state index contributed by atoms with van der Waals surface area (Å²) >= 11 is 5.61. The minimum Gasteiger partial charge on any atom is -0.478 e. The number of rotatable bonds is 2. The van der Waals surface area contributed by atoms with Gasteiger partial charge in [0.05, 0.1) is 5.02 Å². The van der Waals surface area contributed by atoms with Gasteiger partial charge in [0.1, 0.15) is 0 Å². The van der Waals surface area contributed by atoms with Crippen LogP contribution in [0.1, 0.15) is 5.56 Å². The summed E-state index contributed by atoms with van der Waals surface area (Å²) in [6.07, 6.45) is 3.20. The van der Waals surface area contributed by atoms with Crippen LogP contribution in [0.15, 0.2) is 18.3 Å². The zero-order chi connectivity index (χ0) is 9.84. The zero-order valence-electron chi connectivity index (χ0n) is 6.37. The predicted molar refractivity (Wildman–Crippen MR) is 45.9 cm³/mol. The van der Waals surface area contributed by atoms with Gasteiger partial charge in [0.15, 0.2) is 0 Å². The number of carbonyl (C=O) groups is 1. The van der Waals surface area contributed by atoms with Gasteiger partial charge in [-0.1, -0.05) is 11.6 Å². The highest BCUT2D eigenvalue weighted by atomic mass is 35.5. The van der Waals surface area contributed by atoms with E-state index in [-0.39, 0.29) is 10.6 Å². The minimum atomic E-state index is -1.12. The average molecular weight is 202 g/mol. The number of carboxylic acids is 1. The summed E-state index contributed by atoms with van der Waals surface area (Å²) in [7, 11) is 0. The van der Waals surface area contributed by atoms with Gasteiger partial charge >= 0.3 is 5.97 Å². The van der Waals surface area contributed by atoms with Crippen molar-refractivity contribution in [2.24, 2.45) is 0 Å². The number of carboxylic acid groups (broad SMARTS) is 1. The second kappa shape index (κ2) is 4.00. The van der Waals surface area contributed by atoms with Crippen LogP contribution in [0.3, 0.4) is 0 Å². The molecule has 0 aromatic carbocycles. The first kappa shape index (κ1) is 9.67. The van der Waals surface area contributed by atoms with Gasteiger partial charge in [0, 0.05) is 18.3 Å². The molecule has 0 atom stereocenters. The Kier molecular flexibility index (Phi) is 2.97. The molecule has 0 saturated heterocycles. The number of hydrogen-bond acceptors (Lipinski definition) is 2. The minimum absolute atomic E-state index is 0.207. The predicted octanol–water partition coefficient (Wildman–Crippen LogP) is 1.97. The maximum Gasteiger partial charge on any atom is 0.328 e. The summed E-state index contributed by atoms with van der Waals surface area (Å²) in [6.45, 7) is 0. The van der Waals surface area contributed by atoms with E-state index in [1.165, 1.54) is 6.08 Å². The molecule has 0 aliphatic carbocycles. The fourth-order valence-corrected chi connectivity index (χ4v) is 0.883. The summed E-state index contributed by atoms with van der Waals surface area (Å²) in [4.78, 5) is 13.4. The van der Waals surface area contributed by atoms with Crippen molar-refractivity contribution in [3.05, 3.63) is 34.9 Å². The average Bonchev–Trinajstić information content (AvgIpc) is 2.06. The summed E-state index contributed by atoms with van der Waals surface area (Å²) in [6, 6.07) is 1.06. The Morgan fingerprint density at radius 1 is 1.69 bits per heavy atom. The molecule has 0 radical (unpaired) electrons. The molecule has 0 aliphatic rings. The van der Waals surface area contributed by atoms with Crippen molar-refractivity contribution < 1.29 is 14.3 Å². The Hall–Kier alpha value is -1.42. The van der Waals surface area contributed by atoms with Crippen LogP contribution in [-0.2, 0) is 4.79 Å². The molecular weight excluding hydrogens is 197 g/mol. The van der Waals surface area contributed by atoms with Crippen LogP contribution in [0.5, 0.6) is 0 Å². The van der Waals surface area contributed by atoms with E-state index in [1.54, 1.807) is 0 Å². The van der Waals surface area contributed by atoms with Gasteiger partial charge in [0.2, 0.25) is 5.95 Å². The van der Waals surface area contributed by atoms with E-state index in [2.05, 4.69) is 4.98 Å². The molecule has 3 nitrogen and oxygen atoms in total. The van der Waals surface area contributed by atoms with Gasteiger partial charge < -0.3 is 5.11 Å². The number of aliphatic carboxylic acids is 1. The number of pyridine rings is 1. The van der Waals surface area contributed by atoms with Crippen LogP contribution in [0, 0.1) is 5.95 Å². The summed E-state index contributed by atoms with van der Waals surface area (Å²) in [5, 5.41) is 8.50. The quantitative estimate of drug-likeness (QED) is 0.588. The first-order valence-electron chi connectivity index (χ1n) is 3.31. The Balaban J connectivity index is 3.00. The molecule has 68 valence electrons.